The SMILES string of the molecule is C#CCNCC(C)C1CC1. The molecule has 1 atom stereocenters. The van der Waals surface area contributed by atoms with E-state index in [2.05, 4.69) is 18.2 Å². The maximum Gasteiger partial charge on any atom is 0.0573 e. The molecule has 1 aliphatic carbocycles. The van der Waals surface area contributed by atoms with Gasteiger partial charge < -0.3 is 5.32 Å². The highest BCUT2D eigenvalue weighted by atomic mass is 14.8. The first-order valence-corrected chi connectivity index (χ1v) is 3.98. The molecule has 0 radical (unpaired) electrons. The predicted octanol–water partition coefficient (Wildman–Crippen LogP) is 1.26. The van der Waals surface area contributed by atoms with Gasteiger partial charge in [0.05, 0.1) is 6.54 Å². The van der Waals surface area contributed by atoms with Gasteiger partial charge in [-0.25, -0.2) is 0 Å². The van der Waals surface area contributed by atoms with E-state index >= 15 is 0 Å². The number of terminal acetylenes is 1. The topological polar surface area (TPSA) is 12.0 Å². The van der Waals surface area contributed by atoms with E-state index < -0.39 is 0 Å². The van der Waals surface area contributed by atoms with Crippen LogP contribution in [-0.2, 0) is 0 Å². The van der Waals surface area contributed by atoms with Crippen LogP contribution in [-0.4, -0.2) is 13.1 Å². The second kappa shape index (κ2) is 3.63. The Morgan fingerprint density at radius 1 is 1.70 bits per heavy atom. The third-order valence-electron chi connectivity index (χ3n) is 2.12. The highest BCUT2D eigenvalue weighted by molar-refractivity contribution is 4.87. The molecule has 0 aliphatic heterocycles. The van der Waals surface area contributed by atoms with E-state index in [4.69, 9.17) is 6.42 Å². The van der Waals surface area contributed by atoms with Gasteiger partial charge in [-0.15, -0.1) is 6.42 Å². The largest absolute Gasteiger partial charge is 0.306 e. The van der Waals surface area contributed by atoms with Gasteiger partial charge in [-0.05, 0) is 31.2 Å². The molecule has 0 aromatic rings. The van der Waals surface area contributed by atoms with Gasteiger partial charge in [0, 0.05) is 0 Å². The molecule has 56 valence electrons. The van der Waals surface area contributed by atoms with Crippen molar-refractivity contribution >= 4 is 0 Å². The number of rotatable bonds is 4. The molecule has 1 fully saturated rings. The molecule has 1 rings (SSSR count). The first-order valence-electron chi connectivity index (χ1n) is 3.98. The Labute approximate surface area is 63.2 Å². The Morgan fingerprint density at radius 3 is 2.90 bits per heavy atom. The third-order valence-corrected chi connectivity index (χ3v) is 2.12. The lowest BCUT2D eigenvalue weighted by Crippen LogP contribution is -2.22. The molecule has 0 aromatic heterocycles. The van der Waals surface area contributed by atoms with E-state index in [-0.39, 0.29) is 0 Å². The molecular weight excluding hydrogens is 122 g/mol. The minimum atomic E-state index is 0.719. The van der Waals surface area contributed by atoms with Gasteiger partial charge in [-0.1, -0.05) is 12.8 Å². The molecule has 1 heteroatoms. The number of hydrogen-bond acceptors (Lipinski definition) is 1. The van der Waals surface area contributed by atoms with Gasteiger partial charge in [0.2, 0.25) is 0 Å². The second-order valence-electron chi connectivity index (χ2n) is 3.15. The monoisotopic (exact) mass is 137 g/mol. The van der Waals surface area contributed by atoms with Crippen LogP contribution in [0.25, 0.3) is 0 Å². The van der Waals surface area contributed by atoms with E-state index in [0.29, 0.717) is 0 Å². The minimum Gasteiger partial charge on any atom is -0.306 e. The third kappa shape index (κ3) is 2.41. The van der Waals surface area contributed by atoms with Crippen molar-refractivity contribution < 1.29 is 0 Å². The van der Waals surface area contributed by atoms with Crippen molar-refractivity contribution in [3.05, 3.63) is 0 Å². The molecule has 0 saturated heterocycles. The fourth-order valence-corrected chi connectivity index (χ4v) is 1.20. The molecule has 1 aliphatic rings. The Morgan fingerprint density at radius 2 is 2.40 bits per heavy atom. The minimum absolute atomic E-state index is 0.719. The van der Waals surface area contributed by atoms with Gasteiger partial charge in [-0.3, -0.25) is 0 Å². The summed E-state index contributed by atoms with van der Waals surface area (Å²) in [5, 5.41) is 3.22. The Bertz CT molecular complexity index is 130. The molecule has 0 bridgehead atoms. The van der Waals surface area contributed by atoms with E-state index in [1.54, 1.807) is 0 Å². The van der Waals surface area contributed by atoms with Crippen molar-refractivity contribution in [3.8, 4) is 12.3 Å². The van der Waals surface area contributed by atoms with E-state index in [0.717, 1.165) is 24.9 Å². The van der Waals surface area contributed by atoms with Gasteiger partial charge in [0.15, 0.2) is 0 Å². The van der Waals surface area contributed by atoms with Crippen LogP contribution in [0.15, 0.2) is 0 Å². The summed E-state index contributed by atoms with van der Waals surface area (Å²) in [4.78, 5) is 0. The Kier molecular flexibility index (Phi) is 2.77. The van der Waals surface area contributed by atoms with Gasteiger partial charge >= 0.3 is 0 Å². The zero-order valence-corrected chi connectivity index (χ0v) is 6.56. The molecule has 0 aromatic carbocycles. The Hall–Kier alpha value is -0.480. The lowest BCUT2D eigenvalue weighted by molar-refractivity contribution is 0.476. The van der Waals surface area contributed by atoms with Crippen molar-refractivity contribution in [1.82, 2.24) is 5.32 Å². The van der Waals surface area contributed by atoms with Crippen LogP contribution in [0.2, 0.25) is 0 Å². The normalized spacial score (nSPS) is 20.0. The van der Waals surface area contributed by atoms with E-state index in [9.17, 15) is 0 Å². The zero-order valence-electron chi connectivity index (χ0n) is 6.56. The summed E-state index contributed by atoms with van der Waals surface area (Å²) in [6.07, 6.45) is 7.95. The summed E-state index contributed by atoms with van der Waals surface area (Å²) in [6.45, 7) is 4.10. The average molecular weight is 137 g/mol. The standard InChI is InChI=1S/C9H15N/c1-3-6-10-7-8(2)9-4-5-9/h1,8-10H,4-7H2,2H3. The zero-order chi connectivity index (χ0) is 7.40. The summed E-state index contributed by atoms with van der Waals surface area (Å²) < 4.78 is 0. The van der Waals surface area contributed by atoms with Crippen molar-refractivity contribution in [2.75, 3.05) is 13.1 Å². The summed E-state index contributed by atoms with van der Waals surface area (Å²) in [5.41, 5.74) is 0. The van der Waals surface area contributed by atoms with Crippen molar-refractivity contribution in [2.45, 2.75) is 19.8 Å². The summed E-state index contributed by atoms with van der Waals surface area (Å²) in [7, 11) is 0. The molecule has 1 nitrogen and oxygen atoms in total. The molecular formula is C9H15N. The number of hydrogen-bond donors (Lipinski definition) is 1. The molecule has 1 unspecified atom stereocenters. The molecule has 10 heavy (non-hydrogen) atoms. The fourth-order valence-electron chi connectivity index (χ4n) is 1.20. The predicted molar refractivity (Wildman–Crippen MR) is 43.6 cm³/mol. The maximum absolute atomic E-state index is 5.09. The van der Waals surface area contributed by atoms with Crippen molar-refractivity contribution in [2.24, 2.45) is 11.8 Å². The maximum atomic E-state index is 5.09. The van der Waals surface area contributed by atoms with Gasteiger partial charge in [0.1, 0.15) is 0 Å². The van der Waals surface area contributed by atoms with Crippen LogP contribution in [0.1, 0.15) is 19.8 Å². The quantitative estimate of drug-likeness (QED) is 0.454. The van der Waals surface area contributed by atoms with Crippen LogP contribution >= 0.6 is 0 Å². The lowest BCUT2D eigenvalue weighted by atomic mass is 10.1. The average Bonchev–Trinajstić information content (AvgIpc) is 2.69. The molecule has 0 heterocycles. The summed E-state index contributed by atoms with van der Waals surface area (Å²) in [6, 6.07) is 0. The van der Waals surface area contributed by atoms with Crippen LogP contribution in [0.4, 0.5) is 0 Å². The summed E-state index contributed by atoms with van der Waals surface area (Å²) >= 11 is 0. The van der Waals surface area contributed by atoms with Crippen LogP contribution < -0.4 is 5.32 Å². The molecule has 1 N–H and O–H groups in total. The highest BCUT2D eigenvalue weighted by Crippen LogP contribution is 2.35. The smallest absolute Gasteiger partial charge is 0.0573 e. The van der Waals surface area contributed by atoms with E-state index in [1.807, 2.05) is 0 Å². The number of nitrogens with one attached hydrogen (secondary N) is 1. The van der Waals surface area contributed by atoms with Gasteiger partial charge in [-0.2, -0.15) is 0 Å². The molecule has 0 spiro atoms. The van der Waals surface area contributed by atoms with Crippen molar-refractivity contribution in [3.63, 3.8) is 0 Å². The molecule has 1 saturated carbocycles. The first kappa shape index (κ1) is 7.63. The molecule has 0 amide bonds. The van der Waals surface area contributed by atoms with E-state index in [1.165, 1.54) is 12.8 Å². The Balaban J connectivity index is 1.96. The second-order valence-corrected chi connectivity index (χ2v) is 3.15. The summed E-state index contributed by atoms with van der Waals surface area (Å²) in [5.74, 6) is 4.39. The first-order chi connectivity index (χ1) is 4.84. The highest BCUT2D eigenvalue weighted by Gasteiger charge is 2.26. The van der Waals surface area contributed by atoms with Crippen LogP contribution in [0.5, 0.6) is 0 Å². The lowest BCUT2D eigenvalue weighted by Gasteiger charge is -2.08. The van der Waals surface area contributed by atoms with Crippen molar-refractivity contribution in [1.29, 1.82) is 0 Å². The van der Waals surface area contributed by atoms with Crippen LogP contribution in [0, 0.1) is 24.2 Å². The van der Waals surface area contributed by atoms with Gasteiger partial charge in [0.25, 0.3) is 0 Å². The van der Waals surface area contributed by atoms with Crippen LogP contribution in [0.3, 0.4) is 0 Å². The fraction of sp³-hybridized carbons (Fsp3) is 0.778.